The number of benzene rings is 1. The third-order valence-corrected chi connectivity index (χ3v) is 1.96. The molecule has 0 aromatic heterocycles. The molecule has 0 aliphatic heterocycles. The van der Waals surface area contributed by atoms with Crippen LogP contribution in [0, 0.1) is 0 Å². The second-order valence-corrected chi connectivity index (χ2v) is 3.48. The van der Waals surface area contributed by atoms with Crippen molar-refractivity contribution in [3.05, 3.63) is 29.8 Å². The molecule has 0 saturated carbocycles. The van der Waals surface area contributed by atoms with Crippen LogP contribution in [0.5, 0.6) is 0 Å². The number of nitrogens with two attached hydrogens (primary N) is 1. The van der Waals surface area contributed by atoms with E-state index in [9.17, 15) is 18.0 Å². The molecule has 0 bridgehead atoms. The lowest BCUT2D eigenvalue weighted by atomic mass is 10.2. The van der Waals surface area contributed by atoms with Crippen LogP contribution >= 0.6 is 0 Å². The highest BCUT2D eigenvalue weighted by Gasteiger charge is 2.26. The molecule has 0 radical (unpaired) electrons. The van der Waals surface area contributed by atoms with E-state index in [2.05, 4.69) is 4.74 Å². The highest BCUT2D eigenvalue weighted by molar-refractivity contribution is 5.90. The lowest BCUT2D eigenvalue weighted by Crippen LogP contribution is -2.11. The number of carbonyl (C=O) groups is 1. The van der Waals surface area contributed by atoms with Gasteiger partial charge in [-0.25, -0.2) is 4.79 Å². The van der Waals surface area contributed by atoms with E-state index in [-0.39, 0.29) is 18.6 Å². The Morgan fingerprint density at radius 1 is 1.35 bits per heavy atom. The van der Waals surface area contributed by atoms with Gasteiger partial charge in [-0.2, -0.15) is 13.2 Å². The Bertz CT molecular complexity index is 391. The molecular formula is C11H12F3NO2. The highest BCUT2D eigenvalue weighted by atomic mass is 19.4. The normalized spacial score (nSPS) is 11.2. The summed E-state index contributed by atoms with van der Waals surface area (Å²) in [6, 6.07) is 6.07. The number of anilines is 1. The summed E-state index contributed by atoms with van der Waals surface area (Å²) in [5, 5.41) is 0. The second-order valence-electron chi connectivity index (χ2n) is 3.48. The zero-order chi connectivity index (χ0) is 12.9. The summed E-state index contributed by atoms with van der Waals surface area (Å²) in [7, 11) is 0. The number of hydrogen-bond acceptors (Lipinski definition) is 3. The average Bonchev–Trinajstić information content (AvgIpc) is 2.23. The minimum atomic E-state index is -4.22. The number of rotatable bonds is 4. The SMILES string of the molecule is Nc1cccc(C(=O)OCCCC(F)(F)F)c1. The molecule has 0 fully saturated rings. The predicted octanol–water partition coefficient (Wildman–Crippen LogP) is 2.77. The smallest absolute Gasteiger partial charge is 0.389 e. The third kappa shape index (κ3) is 5.24. The van der Waals surface area contributed by atoms with Gasteiger partial charge in [0, 0.05) is 12.1 Å². The summed E-state index contributed by atoms with van der Waals surface area (Å²) in [6.45, 7) is -0.257. The highest BCUT2D eigenvalue weighted by Crippen LogP contribution is 2.21. The van der Waals surface area contributed by atoms with Crippen molar-refractivity contribution in [3.8, 4) is 0 Å². The first-order valence-electron chi connectivity index (χ1n) is 4.98. The van der Waals surface area contributed by atoms with Gasteiger partial charge in [0.15, 0.2) is 0 Å². The van der Waals surface area contributed by atoms with E-state index in [0.29, 0.717) is 5.69 Å². The van der Waals surface area contributed by atoms with E-state index in [1.165, 1.54) is 12.1 Å². The minimum Gasteiger partial charge on any atom is -0.462 e. The molecule has 0 spiro atoms. The van der Waals surface area contributed by atoms with Crippen LogP contribution in [0.25, 0.3) is 0 Å². The van der Waals surface area contributed by atoms with Crippen LogP contribution in [-0.2, 0) is 4.74 Å². The summed E-state index contributed by atoms with van der Waals surface area (Å²) < 4.78 is 40.1. The van der Waals surface area contributed by atoms with Gasteiger partial charge in [-0.1, -0.05) is 6.07 Å². The Balaban J connectivity index is 2.36. The van der Waals surface area contributed by atoms with Gasteiger partial charge >= 0.3 is 12.1 Å². The van der Waals surface area contributed by atoms with E-state index >= 15 is 0 Å². The van der Waals surface area contributed by atoms with Gasteiger partial charge in [-0.15, -0.1) is 0 Å². The predicted molar refractivity (Wildman–Crippen MR) is 56.4 cm³/mol. The number of esters is 1. The largest absolute Gasteiger partial charge is 0.462 e. The summed E-state index contributed by atoms with van der Waals surface area (Å²) >= 11 is 0. The lowest BCUT2D eigenvalue weighted by Gasteiger charge is -2.07. The maximum Gasteiger partial charge on any atom is 0.389 e. The monoisotopic (exact) mass is 247 g/mol. The molecule has 0 heterocycles. The Labute approximate surface area is 96.4 Å². The average molecular weight is 247 g/mol. The van der Waals surface area contributed by atoms with Crippen molar-refractivity contribution in [2.45, 2.75) is 19.0 Å². The minimum absolute atomic E-state index is 0.233. The molecule has 17 heavy (non-hydrogen) atoms. The van der Waals surface area contributed by atoms with Gasteiger partial charge in [-0.05, 0) is 24.6 Å². The van der Waals surface area contributed by atoms with Crippen LogP contribution < -0.4 is 5.73 Å². The molecule has 1 rings (SSSR count). The Hall–Kier alpha value is -1.72. The van der Waals surface area contributed by atoms with Crippen LogP contribution in [0.3, 0.4) is 0 Å². The van der Waals surface area contributed by atoms with E-state index in [1.807, 2.05) is 0 Å². The number of hydrogen-bond donors (Lipinski definition) is 1. The first-order chi connectivity index (χ1) is 7.88. The fraction of sp³-hybridized carbons (Fsp3) is 0.364. The maximum absolute atomic E-state index is 11.8. The van der Waals surface area contributed by atoms with E-state index in [1.54, 1.807) is 12.1 Å². The number of ether oxygens (including phenoxy) is 1. The fourth-order valence-corrected chi connectivity index (χ4v) is 1.19. The Kier molecular flexibility index (Phi) is 4.37. The fourth-order valence-electron chi connectivity index (χ4n) is 1.19. The molecule has 1 aromatic rings. The van der Waals surface area contributed by atoms with Gasteiger partial charge in [0.1, 0.15) is 0 Å². The van der Waals surface area contributed by atoms with Crippen molar-refractivity contribution >= 4 is 11.7 Å². The van der Waals surface area contributed by atoms with E-state index in [4.69, 9.17) is 5.73 Å². The standard InChI is InChI=1S/C11H12F3NO2/c12-11(13,14)5-2-6-17-10(16)8-3-1-4-9(15)7-8/h1,3-4,7H,2,5-6,15H2. The molecule has 0 unspecified atom stereocenters. The van der Waals surface area contributed by atoms with Gasteiger partial charge in [0.25, 0.3) is 0 Å². The zero-order valence-corrected chi connectivity index (χ0v) is 8.96. The van der Waals surface area contributed by atoms with Gasteiger partial charge in [0.2, 0.25) is 0 Å². The van der Waals surface area contributed by atoms with Gasteiger partial charge < -0.3 is 10.5 Å². The molecule has 2 N–H and O–H groups in total. The first-order valence-corrected chi connectivity index (χ1v) is 4.98. The maximum atomic E-state index is 11.8. The van der Waals surface area contributed by atoms with Crippen LogP contribution in [0.4, 0.5) is 18.9 Å². The van der Waals surface area contributed by atoms with Crippen molar-refractivity contribution in [3.63, 3.8) is 0 Å². The van der Waals surface area contributed by atoms with Crippen molar-refractivity contribution in [1.29, 1.82) is 0 Å². The van der Waals surface area contributed by atoms with E-state index in [0.717, 1.165) is 0 Å². The molecule has 0 aliphatic rings. The Morgan fingerprint density at radius 2 is 2.06 bits per heavy atom. The summed E-state index contributed by atoms with van der Waals surface area (Å²) in [4.78, 5) is 11.4. The van der Waals surface area contributed by atoms with Crippen molar-refractivity contribution in [2.24, 2.45) is 0 Å². The van der Waals surface area contributed by atoms with Crippen LogP contribution in [0.2, 0.25) is 0 Å². The summed E-state index contributed by atoms with van der Waals surface area (Å²) in [5.41, 5.74) is 6.08. The molecule has 0 atom stereocenters. The van der Waals surface area contributed by atoms with Crippen molar-refractivity contribution in [2.75, 3.05) is 12.3 Å². The third-order valence-electron chi connectivity index (χ3n) is 1.96. The number of alkyl halides is 3. The van der Waals surface area contributed by atoms with Gasteiger partial charge in [0.05, 0.1) is 12.2 Å². The zero-order valence-electron chi connectivity index (χ0n) is 8.96. The van der Waals surface area contributed by atoms with Crippen molar-refractivity contribution in [1.82, 2.24) is 0 Å². The second kappa shape index (κ2) is 5.56. The summed E-state index contributed by atoms with van der Waals surface area (Å²) in [5.74, 6) is -0.667. The molecule has 0 amide bonds. The van der Waals surface area contributed by atoms with Crippen LogP contribution in [0.15, 0.2) is 24.3 Å². The summed E-state index contributed by atoms with van der Waals surface area (Å²) in [6.07, 6.45) is -5.42. The topological polar surface area (TPSA) is 52.3 Å². The lowest BCUT2D eigenvalue weighted by molar-refractivity contribution is -0.137. The molecule has 94 valence electrons. The molecule has 1 aromatic carbocycles. The molecular weight excluding hydrogens is 235 g/mol. The quantitative estimate of drug-likeness (QED) is 0.505. The Morgan fingerprint density at radius 3 is 2.65 bits per heavy atom. The van der Waals surface area contributed by atoms with Crippen LogP contribution in [0.1, 0.15) is 23.2 Å². The number of nitrogen functional groups attached to an aromatic ring is 1. The van der Waals surface area contributed by atoms with Crippen LogP contribution in [-0.4, -0.2) is 18.8 Å². The number of halogens is 3. The molecule has 0 saturated heterocycles. The first kappa shape index (κ1) is 13.3. The van der Waals surface area contributed by atoms with E-state index < -0.39 is 18.6 Å². The molecule has 3 nitrogen and oxygen atoms in total. The van der Waals surface area contributed by atoms with Gasteiger partial charge in [-0.3, -0.25) is 0 Å². The molecule has 6 heteroatoms. The number of carbonyl (C=O) groups excluding carboxylic acids is 1. The van der Waals surface area contributed by atoms with Crippen molar-refractivity contribution < 1.29 is 22.7 Å². The molecule has 0 aliphatic carbocycles.